The van der Waals surface area contributed by atoms with E-state index in [1.165, 1.54) is 12.5 Å². The molecule has 33 heavy (non-hydrogen) atoms. The molecule has 0 amide bonds. The lowest BCUT2D eigenvalue weighted by atomic mass is 10.1. The first-order chi connectivity index (χ1) is 15.6. The number of nitrogen functional groups attached to an aromatic ring is 1. The Morgan fingerprint density at radius 2 is 1.88 bits per heavy atom. The van der Waals surface area contributed by atoms with E-state index in [2.05, 4.69) is 20.0 Å². The highest BCUT2D eigenvalue weighted by atomic mass is 31.2. The molecule has 0 fully saturated rings. The Morgan fingerprint density at radius 3 is 2.48 bits per heavy atom. The van der Waals surface area contributed by atoms with Crippen molar-refractivity contribution in [2.75, 3.05) is 12.1 Å². The second kappa shape index (κ2) is 12.3. The Morgan fingerprint density at radius 1 is 1.18 bits per heavy atom. The highest BCUT2D eigenvalue weighted by Crippen LogP contribution is 2.44. The zero-order valence-corrected chi connectivity index (χ0v) is 20.1. The van der Waals surface area contributed by atoms with Crippen molar-refractivity contribution < 1.29 is 23.4 Å². The first kappa shape index (κ1) is 26.2. The normalized spacial score (nSPS) is 15.5. The number of carbonyl (C=O) groups is 1. The van der Waals surface area contributed by atoms with E-state index in [0.717, 1.165) is 0 Å². The molecule has 3 atom stereocenters. The van der Waals surface area contributed by atoms with E-state index in [-0.39, 0.29) is 18.4 Å². The third kappa shape index (κ3) is 8.80. The highest BCUT2D eigenvalue weighted by Gasteiger charge is 2.32. The van der Waals surface area contributed by atoms with Crippen molar-refractivity contribution in [3.63, 3.8) is 0 Å². The molecule has 0 saturated heterocycles. The summed E-state index contributed by atoms with van der Waals surface area (Å²) in [6.45, 7) is 6.79. The number of ether oxygens (including phenoxy) is 2. The summed E-state index contributed by atoms with van der Waals surface area (Å²) in [5, 5.41) is 2.75. The maximum absolute atomic E-state index is 13.6. The Hall–Kier alpha value is -3.01. The van der Waals surface area contributed by atoms with Crippen LogP contribution in [-0.4, -0.2) is 45.5 Å². The van der Waals surface area contributed by atoms with Crippen molar-refractivity contribution in [3.8, 4) is 5.75 Å². The van der Waals surface area contributed by atoms with Gasteiger partial charge in [-0.3, -0.25) is 9.36 Å². The maximum atomic E-state index is 13.6. The lowest BCUT2D eigenvalue weighted by Crippen LogP contribution is -2.36. The summed E-state index contributed by atoms with van der Waals surface area (Å²) in [4.78, 5) is 24.1. The zero-order valence-electron chi connectivity index (χ0n) is 19.2. The maximum Gasteiger partial charge on any atom is 0.342 e. The lowest BCUT2D eigenvalue weighted by Gasteiger charge is -2.25. The monoisotopic (exact) mass is 478 g/mol. The van der Waals surface area contributed by atoms with Gasteiger partial charge in [0.25, 0.3) is 0 Å². The number of nitrogens with one attached hydrogen (secondary N) is 1. The van der Waals surface area contributed by atoms with Crippen molar-refractivity contribution in [1.82, 2.24) is 20.0 Å². The Labute approximate surface area is 193 Å². The van der Waals surface area contributed by atoms with E-state index in [1.807, 2.05) is 0 Å². The van der Waals surface area contributed by atoms with Crippen LogP contribution < -0.4 is 21.1 Å². The fraction of sp³-hybridized carbons (Fsp3) is 0.429. The van der Waals surface area contributed by atoms with Crippen LogP contribution in [0.3, 0.4) is 0 Å². The van der Waals surface area contributed by atoms with Gasteiger partial charge < -0.3 is 25.5 Å². The van der Waals surface area contributed by atoms with E-state index in [0.29, 0.717) is 23.6 Å². The Bertz CT molecular complexity index is 988. The quantitative estimate of drug-likeness (QED) is 0.303. The molecular weight excluding hydrogens is 447 g/mol. The molecule has 0 aliphatic rings. The lowest BCUT2D eigenvalue weighted by molar-refractivity contribution is -0.149. The molecule has 2 aromatic rings. The molecule has 1 heterocycles. The molecule has 180 valence electrons. The van der Waals surface area contributed by atoms with E-state index in [4.69, 9.17) is 25.5 Å². The molecule has 0 aliphatic carbocycles. The minimum Gasteiger partial charge on any atom is -0.462 e. The van der Waals surface area contributed by atoms with E-state index in [9.17, 15) is 9.36 Å². The molecule has 5 N–H and O–H groups in total. The third-order valence-electron chi connectivity index (χ3n) is 4.21. The summed E-state index contributed by atoms with van der Waals surface area (Å²) in [6.07, 6.45) is 1.91. The molecule has 0 aliphatic heterocycles. The van der Waals surface area contributed by atoms with Gasteiger partial charge in [-0.2, -0.15) is 4.98 Å². The van der Waals surface area contributed by atoms with Gasteiger partial charge in [-0.25, -0.2) is 15.1 Å². The van der Waals surface area contributed by atoms with Gasteiger partial charge in [0.15, 0.2) is 5.82 Å². The molecular formula is C21H31N6O5P. The molecule has 1 aromatic carbocycles. The summed E-state index contributed by atoms with van der Waals surface area (Å²) in [5.74, 6) is 0.223. The van der Waals surface area contributed by atoms with E-state index >= 15 is 0 Å². The predicted octanol–water partition coefficient (Wildman–Crippen LogP) is 2.71. The van der Waals surface area contributed by atoms with Crippen molar-refractivity contribution in [2.45, 2.75) is 52.4 Å². The van der Waals surface area contributed by atoms with Crippen LogP contribution in [0.5, 0.6) is 5.75 Å². The number of nitrogens with two attached hydrogens (primary N) is 2. The second-order valence-corrected chi connectivity index (χ2v) is 9.63. The van der Waals surface area contributed by atoms with Gasteiger partial charge in [0.05, 0.1) is 12.2 Å². The molecule has 12 heteroatoms. The topological polar surface area (TPSA) is 165 Å². The molecule has 0 spiro atoms. The van der Waals surface area contributed by atoms with Gasteiger partial charge in [-0.05, 0) is 39.8 Å². The number of rotatable bonds is 12. The smallest absolute Gasteiger partial charge is 0.342 e. The van der Waals surface area contributed by atoms with Gasteiger partial charge in [-0.15, -0.1) is 0 Å². The van der Waals surface area contributed by atoms with Crippen LogP contribution in [0.2, 0.25) is 0 Å². The Kier molecular flexibility index (Phi) is 9.77. The number of anilines is 1. The number of benzene rings is 1. The van der Waals surface area contributed by atoms with Crippen LogP contribution in [0.1, 0.15) is 39.9 Å². The minimum atomic E-state index is -3.67. The molecule has 2 rings (SSSR count). The number of nitrogens with zero attached hydrogens (tertiary/aromatic N) is 3. The number of aromatic nitrogens is 3. The molecule has 1 aromatic heterocycles. The van der Waals surface area contributed by atoms with Crippen molar-refractivity contribution in [2.24, 2.45) is 5.73 Å². The van der Waals surface area contributed by atoms with Crippen molar-refractivity contribution in [3.05, 3.63) is 48.7 Å². The summed E-state index contributed by atoms with van der Waals surface area (Å²) >= 11 is 0. The van der Waals surface area contributed by atoms with Crippen LogP contribution >= 0.6 is 7.52 Å². The molecule has 1 unspecified atom stereocenters. The average Bonchev–Trinajstić information content (AvgIpc) is 2.76. The van der Waals surface area contributed by atoms with Gasteiger partial charge in [0.1, 0.15) is 24.5 Å². The average molecular weight is 478 g/mol. The summed E-state index contributed by atoms with van der Waals surface area (Å²) in [5.41, 5.74) is 11.9. The SMILES string of the molecule is CC(C)OC(=O)[C@H](C)NP(=O)(CO[C@H](C)CC(=CN)c1ncnc(N)n1)Oc1ccccc1. The summed E-state index contributed by atoms with van der Waals surface area (Å²) in [7, 11) is -3.67. The van der Waals surface area contributed by atoms with E-state index in [1.54, 1.807) is 58.0 Å². The number of hydrogen-bond donors (Lipinski definition) is 3. The molecule has 0 bridgehead atoms. The number of carbonyl (C=O) groups excluding carboxylic acids is 1. The van der Waals surface area contributed by atoms with Crippen LogP contribution in [0.15, 0.2) is 42.9 Å². The third-order valence-corrected chi connectivity index (χ3v) is 5.98. The van der Waals surface area contributed by atoms with Crippen LogP contribution in [0, 0.1) is 0 Å². The molecule has 0 radical (unpaired) electrons. The van der Waals surface area contributed by atoms with Gasteiger partial charge in [0, 0.05) is 18.2 Å². The van der Waals surface area contributed by atoms with E-state index < -0.39 is 25.6 Å². The predicted molar refractivity (Wildman–Crippen MR) is 125 cm³/mol. The standard InChI is InChI=1S/C21H31N6O5P/c1-14(2)31-20(28)16(4)27-33(29,32-18-8-6-5-7-9-18)13-30-15(3)10-17(11-22)19-24-12-25-21(23)26-19/h5-9,11-12,14-16H,10,13,22H2,1-4H3,(H,27,29)(H2,23,24,25,26)/t15-,16+,33?/m1/s1. The second-order valence-electron chi connectivity index (χ2n) is 7.58. The van der Waals surface area contributed by atoms with Gasteiger partial charge in [0.2, 0.25) is 5.95 Å². The minimum absolute atomic E-state index is 0.0696. The fourth-order valence-electron chi connectivity index (χ4n) is 2.72. The molecule has 0 saturated carbocycles. The zero-order chi connectivity index (χ0) is 24.4. The van der Waals surface area contributed by atoms with Gasteiger partial charge >= 0.3 is 13.5 Å². The number of esters is 1. The fourth-order valence-corrected chi connectivity index (χ4v) is 4.50. The van der Waals surface area contributed by atoms with Crippen molar-refractivity contribution >= 4 is 25.0 Å². The van der Waals surface area contributed by atoms with Crippen LogP contribution in [0.4, 0.5) is 5.95 Å². The Balaban J connectivity index is 2.09. The number of para-hydroxylation sites is 1. The molecule has 11 nitrogen and oxygen atoms in total. The van der Waals surface area contributed by atoms with Crippen LogP contribution in [-0.2, 0) is 18.8 Å². The van der Waals surface area contributed by atoms with Crippen LogP contribution in [0.25, 0.3) is 5.57 Å². The first-order valence-corrected chi connectivity index (χ1v) is 12.2. The van der Waals surface area contributed by atoms with Gasteiger partial charge in [-0.1, -0.05) is 18.2 Å². The summed E-state index contributed by atoms with van der Waals surface area (Å²) < 4.78 is 30.3. The highest BCUT2D eigenvalue weighted by molar-refractivity contribution is 7.57. The number of hydrogen-bond acceptors (Lipinski definition) is 10. The first-order valence-electron chi connectivity index (χ1n) is 10.4. The summed E-state index contributed by atoms with van der Waals surface area (Å²) in [6, 6.07) is 7.75. The van der Waals surface area contributed by atoms with Crippen molar-refractivity contribution in [1.29, 1.82) is 0 Å². The largest absolute Gasteiger partial charge is 0.462 e.